The quantitative estimate of drug-likeness (QED) is 0.0501. The van der Waals surface area contributed by atoms with Gasteiger partial charge in [0.25, 0.3) is 11.8 Å². The summed E-state index contributed by atoms with van der Waals surface area (Å²) in [6.07, 6.45) is -2.64. The summed E-state index contributed by atoms with van der Waals surface area (Å²) in [6.45, 7) is 9.01. The molecule has 0 unspecified atom stereocenters. The van der Waals surface area contributed by atoms with Gasteiger partial charge in [-0.05, 0) is 148 Å². The molecule has 2 saturated heterocycles. The van der Waals surface area contributed by atoms with Crippen LogP contribution in [0.1, 0.15) is 76.6 Å². The topological polar surface area (TPSA) is 248 Å². The number of nitrogens with zero attached hydrogens (tertiary/aromatic N) is 9. The smallest absolute Gasteiger partial charge is 0.416 e. The number of fused-ring (bicyclic) bond motifs is 2. The summed E-state index contributed by atoms with van der Waals surface area (Å²) in [5.41, 5.74) is 1.15. The van der Waals surface area contributed by atoms with Crippen molar-refractivity contribution >= 4 is 63.2 Å². The average molecular weight is 1310 g/mol. The number of alkyl halides is 6. The number of likely N-dealkylation sites (tertiary alicyclic amines) is 1. The monoisotopic (exact) mass is 1310 g/mol. The zero-order valence-corrected chi connectivity index (χ0v) is 51.9. The molecule has 4 aromatic carbocycles. The van der Waals surface area contributed by atoms with Crippen LogP contribution in [0.25, 0.3) is 22.1 Å². The maximum Gasteiger partial charge on any atom is 0.416 e. The molecule has 0 spiro atoms. The van der Waals surface area contributed by atoms with Gasteiger partial charge in [-0.2, -0.15) is 36.5 Å². The molecule has 12 rings (SSSR count). The molecule has 0 bridgehead atoms. The van der Waals surface area contributed by atoms with Crippen molar-refractivity contribution in [1.82, 2.24) is 49.7 Å². The van der Waals surface area contributed by atoms with Gasteiger partial charge >= 0.3 is 18.4 Å². The minimum atomic E-state index is -4.57. The lowest BCUT2D eigenvalue weighted by Gasteiger charge is -2.24. The van der Waals surface area contributed by atoms with E-state index in [9.17, 15) is 40.7 Å². The number of rotatable bonds is 18. The Morgan fingerprint density at radius 3 is 1.39 bits per heavy atom. The molecule has 0 aliphatic carbocycles. The van der Waals surface area contributed by atoms with Crippen molar-refractivity contribution in [2.24, 2.45) is 0 Å². The highest BCUT2D eigenvalue weighted by Gasteiger charge is 2.34. The number of methoxy groups -OCH3 is 2. The Balaban J connectivity index is 0.000000195. The van der Waals surface area contributed by atoms with Gasteiger partial charge in [0.15, 0.2) is 22.9 Å². The Kier molecular flexibility index (Phi) is 19.3. The molecule has 2 aliphatic rings. The van der Waals surface area contributed by atoms with Gasteiger partial charge in [-0.3, -0.25) is 9.59 Å². The Morgan fingerprint density at radius 1 is 0.547 bits per heavy atom. The molecule has 0 saturated carbocycles. The van der Waals surface area contributed by atoms with E-state index in [-0.39, 0.29) is 40.9 Å². The van der Waals surface area contributed by atoms with Crippen molar-refractivity contribution in [3.63, 3.8) is 0 Å². The van der Waals surface area contributed by atoms with Crippen LogP contribution in [0.15, 0.2) is 158 Å². The molecule has 2 aliphatic heterocycles. The molecule has 2 fully saturated rings. The minimum absolute atomic E-state index is 0.123. The fraction of sp³-hybridized carbons (Fsp3) is 0.269. The summed E-state index contributed by atoms with van der Waals surface area (Å²) in [6, 6.07) is 34.5. The predicted octanol–water partition coefficient (Wildman–Crippen LogP) is 13.1. The van der Waals surface area contributed by atoms with E-state index in [1.54, 1.807) is 72.6 Å². The lowest BCUT2D eigenvalue weighted by molar-refractivity contribution is -0.138. The Labute approximate surface area is 540 Å². The van der Waals surface area contributed by atoms with E-state index < -0.39 is 40.9 Å². The number of pyridine rings is 4. The number of aromatic nitrogens is 8. The standard InChI is InChI=1S/C36H36F3N7O5.C31H28F3N7O3/c1-35(2,3)51-34(48)45-18-15-25(21-45)42-31-30-28(14-17-41-32(30)46(44-31)20-22-5-9-26(49-4)10-6-22)50-27-11-7-23(8-12-27)33(47)43-29-19-24(13-16-40-29)36(37,38)39;1-43-23-6-2-19(3-7-23)18-41-29-27(28(40-41)38-22-11-13-35-17-22)25(12-15-37-29)44-24-8-4-20(5-9-24)30(42)39-26-16-21(10-14-36-26)31(32,33)34/h5-14,16-17,19,25H,15,18,20-21H2,1-4H3,(H,42,44)(H,40,43,47);2-10,12,14-16,22,35H,11,13,17-18H2,1H3,(H,38,40)(H,36,39,42)/t25-;22-/m11/s1. The van der Waals surface area contributed by atoms with Gasteiger partial charge in [0.2, 0.25) is 0 Å². The molecular formula is C67H64F6N14O8. The van der Waals surface area contributed by atoms with Gasteiger partial charge in [-0.25, -0.2) is 34.1 Å². The Bertz CT molecular complexity index is 4350. The number of anilines is 4. The van der Waals surface area contributed by atoms with Crippen molar-refractivity contribution < 1.29 is 64.4 Å². The number of carbonyl (C=O) groups is 3. The number of benzene rings is 4. The van der Waals surface area contributed by atoms with Gasteiger partial charge in [0, 0.05) is 79.8 Å². The fourth-order valence-corrected chi connectivity index (χ4v) is 10.4. The highest BCUT2D eigenvalue weighted by molar-refractivity contribution is 6.04. The van der Waals surface area contributed by atoms with Gasteiger partial charge in [0.05, 0.1) is 38.4 Å². The Morgan fingerprint density at radius 2 is 0.979 bits per heavy atom. The van der Waals surface area contributed by atoms with Gasteiger partial charge in [-0.15, -0.1) is 0 Å². The molecule has 5 N–H and O–H groups in total. The number of halogens is 6. The second-order valence-electron chi connectivity index (χ2n) is 23.1. The summed E-state index contributed by atoms with van der Waals surface area (Å²) in [5, 5.41) is 26.3. The zero-order chi connectivity index (χ0) is 67.0. The molecule has 95 heavy (non-hydrogen) atoms. The number of carbonyl (C=O) groups excluding carboxylic acids is 3. The molecule has 28 heteroatoms. The second kappa shape index (κ2) is 28.1. The van der Waals surface area contributed by atoms with Crippen LogP contribution in [0.5, 0.6) is 34.5 Å². The molecule has 492 valence electrons. The van der Waals surface area contributed by atoms with E-state index in [1.165, 1.54) is 24.3 Å². The molecule has 3 amide bonds. The fourth-order valence-electron chi connectivity index (χ4n) is 10.4. The molecule has 0 radical (unpaired) electrons. The number of hydrogen-bond donors (Lipinski definition) is 5. The summed E-state index contributed by atoms with van der Waals surface area (Å²) in [5.74, 6) is 2.79. The van der Waals surface area contributed by atoms with Crippen LogP contribution in [-0.4, -0.2) is 120 Å². The third kappa shape index (κ3) is 16.4. The van der Waals surface area contributed by atoms with Crippen LogP contribution in [0.4, 0.5) is 54.4 Å². The van der Waals surface area contributed by atoms with E-state index in [4.69, 9.17) is 33.9 Å². The van der Waals surface area contributed by atoms with Crippen molar-refractivity contribution in [3.8, 4) is 34.5 Å². The summed E-state index contributed by atoms with van der Waals surface area (Å²) >= 11 is 0. The van der Waals surface area contributed by atoms with Crippen LogP contribution < -0.4 is 45.5 Å². The highest BCUT2D eigenvalue weighted by atomic mass is 19.4. The maximum atomic E-state index is 13.1. The Hall–Kier alpha value is -11.0. The normalized spacial score (nSPS) is 14.8. The molecule has 8 heterocycles. The molecule has 22 nitrogen and oxygen atoms in total. The summed E-state index contributed by atoms with van der Waals surface area (Å²) < 4.78 is 111. The van der Waals surface area contributed by atoms with Crippen LogP contribution in [0.3, 0.4) is 0 Å². The maximum absolute atomic E-state index is 13.1. The van der Waals surface area contributed by atoms with Crippen LogP contribution in [-0.2, 0) is 30.2 Å². The molecule has 10 aromatic rings. The zero-order valence-electron chi connectivity index (χ0n) is 51.9. The van der Waals surface area contributed by atoms with E-state index in [1.807, 2.05) is 74.0 Å². The van der Waals surface area contributed by atoms with Crippen molar-refractivity contribution in [1.29, 1.82) is 0 Å². The van der Waals surface area contributed by atoms with Crippen LogP contribution in [0.2, 0.25) is 0 Å². The lowest BCUT2D eigenvalue weighted by Crippen LogP contribution is -2.36. The van der Waals surface area contributed by atoms with E-state index in [2.05, 4.69) is 46.5 Å². The SMILES string of the molecule is COc1ccc(Cn2nc(N[C@@H]3CCN(C(=O)OC(C)(C)C)C3)c3c(Oc4ccc(C(=O)Nc5cc(C(F)(F)F)ccn5)cc4)ccnc32)cc1.COc1ccc(Cn2nc(N[C@@H]3CCNC3)c3c(Oc4ccc(C(=O)Nc5cc(C(F)(F)F)ccn5)cc4)ccnc32)cc1. The van der Waals surface area contributed by atoms with Crippen LogP contribution in [0, 0.1) is 0 Å². The lowest BCUT2D eigenvalue weighted by atomic mass is 10.2. The molecule has 2 atom stereocenters. The van der Waals surface area contributed by atoms with E-state index in [0.717, 1.165) is 78.8 Å². The molecule has 6 aromatic heterocycles. The first kappa shape index (κ1) is 65.5. The first-order chi connectivity index (χ1) is 45.5. The second-order valence-corrected chi connectivity index (χ2v) is 23.1. The first-order valence-corrected chi connectivity index (χ1v) is 30.0. The number of ether oxygens (including phenoxy) is 5. The van der Waals surface area contributed by atoms with Crippen molar-refractivity contribution in [2.45, 2.75) is 76.7 Å². The van der Waals surface area contributed by atoms with Gasteiger partial charge in [-0.1, -0.05) is 24.3 Å². The molecular weight excluding hydrogens is 1240 g/mol. The summed E-state index contributed by atoms with van der Waals surface area (Å²) in [7, 11) is 3.23. The van der Waals surface area contributed by atoms with Crippen LogP contribution >= 0.6 is 0 Å². The third-order valence-corrected chi connectivity index (χ3v) is 15.1. The summed E-state index contributed by atoms with van der Waals surface area (Å²) in [4.78, 5) is 56.8. The third-order valence-electron chi connectivity index (χ3n) is 15.1. The van der Waals surface area contributed by atoms with E-state index >= 15 is 0 Å². The average Bonchev–Trinajstić information content (AvgIpc) is 1.64. The van der Waals surface area contributed by atoms with Crippen molar-refractivity contribution in [2.75, 3.05) is 61.7 Å². The van der Waals surface area contributed by atoms with E-state index in [0.29, 0.717) is 89.3 Å². The minimum Gasteiger partial charge on any atom is -0.497 e. The number of nitrogens with one attached hydrogen (secondary N) is 5. The largest absolute Gasteiger partial charge is 0.497 e. The first-order valence-electron chi connectivity index (χ1n) is 30.0. The highest BCUT2D eigenvalue weighted by Crippen LogP contribution is 2.38. The number of amides is 3. The van der Waals surface area contributed by atoms with Crippen molar-refractivity contribution in [3.05, 3.63) is 192 Å². The van der Waals surface area contributed by atoms with Gasteiger partial charge in [0.1, 0.15) is 62.5 Å². The van der Waals surface area contributed by atoms with Gasteiger partial charge < -0.3 is 55.2 Å². The number of hydrogen-bond acceptors (Lipinski definition) is 17. The predicted molar refractivity (Wildman–Crippen MR) is 341 cm³/mol.